The minimum absolute atomic E-state index is 0. The van der Waals surface area contributed by atoms with Crippen LogP contribution in [0.25, 0.3) is 0 Å². The smallest absolute Gasteiger partial charge is 0.344 e. The number of rotatable bonds is 4. The van der Waals surface area contributed by atoms with Crippen molar-refractivity contribution in [3.05, 3.63) is 0 Å². The standard InChI is InChI=1S/C6H11F3O3S.H3N/c1-5(2)3-4-12-13(10,11)6(7,8)9;/h5H,3-4H2,1-2H3;1H3. The lowest BCUT2D eigenvalue weighted by Crippen LogP contribution is -2.26. The SMILES string of the molecule is CC(C)CCOS(=O)(=O)C(F)(F)F.N. The Hall–Kier alpha value is -0.340. The number of halogens is 3. The second-order valence-corrected chi connectivity index (χ2v) is 4.51. The second kappa shape index (κ2) is 5.52. The Morgan fingerprint density at radius 1 is 1.29 bits per heavy atom. The quantitative estimate of drug-likeness (QED) is 0.599. The molecular formula is C6H14F3NO3S. The normalized spacial score (nSPS) is 12.7. The fourth-order valence-electron chi connectivity index (χ4n) is 0.460. The van der Waals surface area contributed by atoms with Crippen LogP contribution in [0.15, 0.2) is 0 Å². The highest BCUT2D eigenvalue weighted by atomic mass is 32.2. The zero-order valence-electron chi connectivity index (χ0n) is 7.97. The summed E-state index contributed by atoms with van der Waals surface area (Å²) in [5.41, 5.74) is -5.32. The van der Waals surface area contributed by atoms with Gasteiger partial charge in [-0.2, -0.15) is 21.6 Å². The molecule has 0 unspecified atom stereocenters. The van der Waals surface area contributed by atoms with Gasteiger partial charge >= 0.3 is 15.6 Å². The largest absolute Gasteiger partial charge is 0.523 e. The second-order valence-electron chi connectivity index (χ2n) is 2.90. The van der Waals surface area contributed by atoms with Crippen LogP contribution in [0.1, 0.15) is 20.3 Å². The van der Waals surface area contributed by atoms with Gasteiger partial charge in [-0.25, -0.2) is 0 Å². The van der Waals surface area contributed by atoms with Crippen molar-refractivity contribution in [1.82, 2.24) is 6.15 Å². The van der Waals surface area contributed by atoms with E-state index in [0.717, 1.165) is 0 Å². The van der Waals surface area contributed by atoms with Gasteiger partial charge in [0, 0.05) is 0 Å². The Kier molecular flexibility index (Phi) is 6.35. The summed E-state index contributed by atoms with van der Waals surface area (Å²) in [7, 11) is -5.39. The molecule has 0 atom stereocenters. The number of hydrogen-bond donors (Lipinski definition) is 1. The Morgan fingerprint density at radius 3 is 2.00 bits per heavy atom. The molecule has 0 rings (SSSR count). The number of alkyl halides is 3. The molecule has 0 aromatic heterocycles. The van der Waals surface area contributed by atoms with Gasteiger partial charge in [0.25, 0.3) is 0 Å². The van der Waals surface area contributed by atoms with Crippen LogP contribution >= 0.6 is 0 Å². The van der Waals surface area contributed by atoms with E-state index < -0.39 is 22.2 Å². The first-order valence-electron chi connectivity index (χ1n) is 3.62. The molecule has 0 radical (unpaired) electrons. The lowest BCUT2D eigenvalue weighted by molar-refractivity contribution is -0.0544. The molecule has 0 saturated heterocycles. The van der Waals surface area contributed by atoms with E-state index in [1.54, 1.807) is 13.8 Å². The predicted octanol–water partition coefficient (Wildman–Crippen LogP) is 2.06. The van der Waals surface area contributed by atoms with Crippen molar-refractivity contribution >= 4 is 10.1 Å². The Balaban J connectivity index is 0. The van der Waals surface area contributed by atoms with Crippen LogP contribution in [0.3, 0.4) is 0 Å². The van der Waals surface area contributed by atoms with E-state index in [1.807, 2.05) is 0 Å². The lowest BCUT2D eigenvalue weighted by Gasteiger charge is -2.08. The number of hydrogen-bond acceptors (Lipinski definition) is 4. The molecular weight excluding hydrogens is 223 g/mol. The summed E-state index contributed by atoms with van der Waals surface area (Å²) in [6.07, 6.45) is 0.273. The molecule has 14 heavy (non-hydrogen) atoms. The van der Waals surface area contributed by atoms with Crippen molar-refractivity contribution in [2.45, 2.75) is 25.8 Å². The molecule has 0 aliphatic carbocycles. The van der Waals surface area contributed by atoms with Crippen LogP contribution < -0.4 is 6.15 Å². The van der Waals surface area contributed by atoms with E-state index >= 15 is 0 Å². The van der Waals surface area contributed by atoms with Crippen LogP contribution in [0, 0.1) is 5.92 Å². The summed E-state index contributed by atoms with van der Waals surface area (Å²) in [6.45, 7) is 3.08. The Morgan fingerprint density at radius 2 is 1.71 bits per heavy atom. The van der Waals surface area contributed by atoms with Crippen molar-refractivity contribution in [2.24, 2.45) is 5.92 Å². The van der Waals surface area contributed by atoms with Crippen LogP contribution in [-0.2, 0) is 14.3 Å². The fraction of sp³-hybridized carbons (Fsp3) is 1.00. The minimum Gasteiger partial charge on any atom is -0.344 e. The molecule has 0 fully saturated rings. The van der Waals surface area contributed by atoms with Crippen molar-refractivity contribution in [3.63, 3.8) is 0 Å². The summed E-state index contributed by atoms with van der Waals surface area (Å²) in [5.74, 6) is 0.100. The van der Waals surface area contributed by atoms with E-state index in [9.17, 15) is 21.6 Å². The first-order valence-corrected chi connectivity index (χ1v) is 5.03. The van der Waals surface area contributed by atoms with Gasteiger partial charge in [-0.1, -0.05) is 13.8 Å². The molecule has 0 aliphatic heterocycles. The molecule has 8 heteroatoms. The summed E-state index contributed by atoms with van der Waals surface area (Å²) < 4.78 is 59.3. The van der Waals surface area contributed by atoms with Gasteiger partial charge in [-0.05, 0) is 12.3 Å². The molecule has 0 aromatic rings. The topological polar surface area (TPSA) is 78.4 Å². The molecule has 0 heterocycles. The molecule has 0 spiro atoms. The van der Waals surface area contributed by atoms with Crippen molar-refractivity contribution < 1.29 is 25.8 Å². The van der Waals surface area contributed by atoms with Crippen molar-refractivity contribution in [3.8, 4) is 0 Å². The maximum absolute atomic E-state index is 11.6. The van der Waals surface area contributed by atoms with Gasteiger partial charge in [0.1, 0.15) is 0 Å². The third kappa shape index (κ3) is 5.40. The first-order chi connectivity index (χ1) is 5.67. The molecule has 0 saturated carbocycles. The van der Waals surface area contributed by atoms with Crippen molar-refractivity contribution in [2.75, 3.05) is 6.61 Å². The van der Waals surface area contributed by atoms with E-state index in [0.29, 0.717) is 0 Å². The van der Waals surface area contributed by atoms with Gasteiger partial charge in [0.2, 0.25) is 0 Å². The average Bonchev–Trinajstić information content (AvgIpc) is 1.82. The predicted molar refractivity (Wildman–Crippen MR) is 45.4 cm³/mol. The third-order valence-corrected chi connectivity index (χ3v) is 2.26. The fourth-order valence-corrected chi connectivity index (χ4v) is 0.910. The third-order valence-electron chi connectivity index (χ3n) is 1.22. The van der Waals surface area contributed by atoms with Crippen molar-refractivity contribution in [1.29, 1.82) is 0 Å². The highest BCUT2D eigenvalue weighted by Gasteiger charge is 2.47. The summed E-state index contributed by atoms with van der Waals surface area (Å²) in [6, 6.07) is 0. The summed E-state index contributed by atoms with van der Waals surface area (Å²) in [4.78, 5) is 0. The van der Waals surface area contributed by atoms with Crippen LogP contribution in [0.5, 0.6) is 0 Å². The van der Waals surface area contributed by atoms with Gasteiger partial charge in [0.05, 0.1) is 6.61 Å². The lowest BCUT2D eigenvalue weighted by atomic mass is 10.2. The maximum atomic E-state index is 11.6. The van der Waals surface area contributed by atoms with Gasteiger partial charge in [-0.3, -0.25) is 4.18 Å². The molecule has 88 valence electrons. The maximum Gasteiger partial charge on any atom is 0.523 e. The zero-order chi connectivity index (χ0) is 10.7. The highest BCUT2D eigenvalue weighted by Crippen LogP contribution is 2.24. The molecule has 0 bridgehead atoms. The van der Waals surface area contributed by atoms with E-state index in [2.05, 4.69) is 4.18 Å². The minimum atomic E-state index is -5.39. The van der Waals surface area contributed by atoms with Crippen LogP contribution in [0.2, 0.25) is 0 Å². The van der Waals surface area contributed by atoms with E-state index in [1.165, 1.54) is 0 Å². The highest BCUT2D eigenvalue weighted by molar-refractivity contribution is 7.87. The summed E-state index contributed by atoms with van der Waals surface area (Å²) >= 11 is 0. The zero-order valence-corrected chi connectivity index (χ0v) is 8.78. The van der Waals surface area contributed by atoms with Crippen LogP contribution in [-0.4, -0.2) is 20.5 Å². The molecule has 0 aliphatic rings. The van der Waals surface area contributed by atoms with Gasteiger partial charge < -0.3 is 6.15 Å². The molecule has 4 nitrogen and oxygen atoms in total. The first kappa shape index (κ1) is 16.1. The summed E-state index contributed by atoms with van der Waals surface area (Å²) in [5, 5.41) is 0. The molecule has 3 N–H and O–H groups in total. The molecule has 0 aromatic carbocycles. The van der Waals surface area contributed by atoms with Crippen LogP contribution in [0.4, 0.5) is 13.2 Å². The Labute approximate surface area is 81.1 Å². The van der Waals surface area contributed by atoms with E-state index in [4.69, 9.17) is 0 Å². The Bertz CT molecular complexity index is 248. The van der Waals surface area contributed by atoms with E-state index in [-0.39, 0.29) is 18.5 Å². The van der Waals surface area contributed by atoms with Gasteiger partial charge in [-0.15, -0.1) is 0 Å². The molecule has 0 amide bonds. The van der Waals surface area contributed by atoms with Gasteiger partial charge in [0.15, 0.2) is 0 Å². The monoisotopic (exact) mass is 237 g/mol. The average molecular weight is 237 g/mol.